The van der Waals surface area contributed by atoms with E-state index in [1.807, 2.05) is 6.92 Å². The Bertz CT molecular complexity index is 482. The molecule has 1 N–H and O–H groups in total. The molecule has 0 aromatic carbocycles. The summed E-state index contributed by atoms with van der Waals surface area (Å²) < 4.78 is 8.57. The second-order valence-electron chi connectivity index (χ2n) is 3.70. The molecule has 1 unspecified atom stereocenters. The van der Waals surface area contributed by atoms with Gasteiger partial charge in [0.1, 0.15) is 11.8 Å². The lowest BCUT2D eigenvalue weighted by molar-refractivity contribution is 0.193. The number of methoxy groups -OCH3 is 1. The number of rotatable bonds is 4. The molecule has 0 bridgehead atoms. The van der Waals surface area contributed by atoms with Crippen molar-refractivity contribution in [1.82, 2.24) is 19.6 Å². The molecule has 0 amide bonds. The lowest BCUT2D eigenvalue weighted by atomic mass is 10.1. The summed E-state index contributed by atoms with van der Waals surface area (Å²) in [5.41, 5.74) is 1.36. The molecule has 2 aromatic rings. The largest absolute Gasteiger partial charge is 0.493 e. The quantitative estimate of drug-likeness (QED) is 0.849. The average molecular weight is 236 g/mol. The summed E-state index contributed by atoms with van der Waals surface area (Å²) in [6.07, 6.45) is 2.47. The first-order chi connectivity index (χ1) is 8.19. The number of ether oxygens (including phenoxy) is 1. The van der Waals surface area contributed by atoms with Gasteiger partial charge in [0.05, 0.1) is 19.0 Å². The van der Waals surface area contributed by atoms with Crippen LogP contribution in [0, 0.1) is 0 Å². The van der Waals surface area contributed by atoms with E-state index in [4.69, 9.17) is 4.74 Å². The van der Waals surface area contributed by atoms with Gasteiger partial charge in [0.2, 0.25) is 0 Å². The minimum absolute atomic E-state index is 0.584. The standard InChI is InChI=1S/C11H16N4O2/c1-4-15-10(9(17-3)7-13-15)11(16)8-5-6-12-14(8)2/h5-7,11,16H,4H2,1-3H3. The van der Waals surface area contributed by atoms with Gasteiger partial charge in [-0.05, 0) is 13.0 Å². The third kappa shape index (κ3) is 1.91. The van der Waals surface area contributed by atoms with Gasteiger partial charge in [-0.15, -0.1) is 0 Å². The molecule has 0 fully saturated rings. The highest BCUT2D eigenvalue weighted by molar-refractivity contribution is 5.32. The first-order valence-corrected chi connectivity index (χ1v) is 5.44. The SMILES string of the molecule is CCn1ncc(OC)c1C(O)c1ccnn1C. The summed E-state index contributed by atoms with van der Waals surface area (Å²) in [7, 11) is 3.36. The predicted molar refractivity (Wildman–Crippen MR) is 61.7 cm³/mol. The van der Waals surface area contributed by atoms with Crippen LogP contribution in [0.15, 0.2) is 18.5 Å². The number of aryl methyl sites for hydroxylation is 2. The number of hydrogen-bond donors (Lipinski definition) is 1. The molecule has 0 spiro atoms. The molecule has 0 aliphatic rings. The molecule has 6 nitrogen and oxygen atoms in total. The van der Waals surface area contributed by atoms with Gasteiger partial charge in [0.25, 0.3) is 0 Å². The fourth-order valence-corrected chi connectivity index (χ4v) is 1.86. The van der Waals surface area contributed by atoms with Crippen LogP contribution in [0.5, 0.6) is 5.75 Å². The fraction of sp³-hybridized carbons (Fsp3) is 0.455. The molecular weight excluding hydrogens is 220 g/mol. The van der Waals surface area contributed by atoms with E-state index in [9.17, 15) is 5.11 Å². The molecule has 0 radical (unpaired) electrons. The van der Waals surface area contributed by atoms with E-state index in [1.165, 1.54) is 0 Å². The van der Waals surface area contributed by atoms with Gasteiger partial charge in [-0.2, -0.15) is 10.2 Å². The Balaban J connectivity index is 2.45. The number of aromatic nitrogens is 4. The number of hydrogen-bond acceptors (Lipinski definition) is 4. The van der Waals surface area contributed by atoms with Crippen molar-refractivity contribution in [2.45, 2.75) is 19.6 Å². The molecule has 2 aromatic heterocycles. The highest BCUT2D eigenvalue weighted by atomic mass is 16.5. The maximum Gasteiger partial charge on any atom is 0.163 e. The van der Waals surface area contributed by atoms with Crippen molar-refractivity contribution in [1.29, 1.82) is 0 Å². The van der Waals surface area contributed by atoms with Crippen LogP contribution in [0.4, 0.5) is 0 Å². The number of nitrogens with zero attached hydrogens (tertiary/aromatic N) is 4. The smallest absolute Gasteiger partial charge is 0.163 e. The number of aliphatic hydroxyl groups is 1. The minimum Gasteiger partial charge on any atom is -0.493 e. The van der Waals surface area contributed by atoms with E-state index in [2.05, 4.69) is 10.2 Å². The fourth-order valence-electron chi connectivity index (χ4n) is 1.86. The van der Waals surface area contributed by atoms with Crippen LogP contribution in [0.25, 0.3) is 0 Å². The third-order valence-electron chi connectivity index (χ3n) is 2.76. The van der Waals surface area contributed by atoms with Crippen molar-refractivity contribution in [2.24, 2.45) is 7.05 Å². The second-order valence-corrected chi connectivity index (χ2v) is 3.70. The lowest BCUT2D eigenvalue weighted by Crippen LogP contribution is -2.13. The van der Waals surface area contributed by atoms with Gasteiger partial charge in [-0.1, -0.05) is 0 Å². The molecule has 92 valence electrons. The Kier molecular flexibility index (Phi) is 3.14. The van der Waals surface area contributed by atoms with Gasteiger partial charge in [0.15, 0.2) is 5.75 Å². The maximum atomic E-state index is 10.4. The molecule has 17 heavy (non-hydrogen) atoms. The van der Waals surface area contributed by atoms with Crippen LogP contribution in [-0.2, 0) is 13.6 Å². The maximum absolute atomic E-state index is 10.4. The Morgan fingerprint density at radius 1 is 1.47 bits per heavy atom. The zero-order chi connectivity index (χ0) is 12.4. The van der Waals surface area contributed by atoms with Gasteiger partial charge >= 0.3 is 0 Å². The van der Waals surface area contributed by atoms with E-state index < -0.39 is 6.10 Å². The monoisotopic (exact) mass is 236 g/mol. The van der Waals surface area contributed by atoms with Crippen molar-refractivity contribution >= 4 is 0 Å². The normalized spacial score (nSPS) is 12.7. The predicted octanol–water partition coefficient (Wildman–Crippen LogP) is 0.727. The van der Waals surface area contributed by atoms with Crippen LogP contribution in [0.1, 0.15) is 24.4 Å². The Labute approximate surface area is 99.4 Å². The van der Waals surface area contributed by atoms with E-state index in [0.29, 0.717) is 23.7 Å². The van der Waals surface area contributed by atoms with Crippen LogP contribution in [-0.4, -0.2) is 31.8 Å². The summed E-state index contributed by atoms with van der Waals surface area (Å²) in [5.74, 6) is 0.584. The Morgan fingerprint density at radius 2 is 2.24 bits per heavy atom. The second kappa shape index (κ2) is 4.58. The van der Waals surface area contributed by atoms with E-state index in [-0.39, 0.29) is 0 Å². The third-order valence-corrected chi connectivity index (χ3v) is 2.76. The van der Waals surface area contributed by atoms with Crippen molar-refractivity contribution in [3.63, 3.8) is 0 Å². The number of aliphatic hydroxyl groups excluding tert-OH is 1. The molecule has 6 heteroatoms. The summed E-state index contributed by atoms with van der Waals surface area (Å²) in [5, 5.41) is 18.6. The molecule has 0 aliphatic heterocycles. The van der Waals surface area contributed by atoms with E-state index in [1.54, 1.807) is 42.0 Å². The highest BCUT2D eigenvalue weighted by Gasteiger charge is 2.23. The zero-order valence-electron chi connectivity index (χ0n) is 10.2. The first kappa shape index (κ1) is 11.7. The molecule has 1 atom stereocenters. The molecular formula is C11H16N4O2. The zero-order valence-corrected chi connectivity index (χ0v) is 10.2. The Hall–Kier alpha value is -1.82. The lowest BCUT2D eigenvalue weighted by Gasteiger charge is -2.14. The van der Waals surface area contributed by atoms with Gasteiger partial charge in [-0.25, -0.2) is 0 Å². The van der Waals surface area contributed by atoms with Crippen molar-refractivity contribution in [3.8, 4) is 5.75 Å². The molecule has 2 rings (SSSR count). The van der Waals surface area contributed by atoms with Gasteiger partial charge < -0.3 is 9.84 Å². The average Bonchev–Trinajstić information content (AvgIpc) is 2.93. The highest BCUT2D eigenvalue weighted by Crippen LogP contribution is 2.29. The van der Waals surface area contributed by atoms with Crippen LogP contribution >= 0.6 is 0 Å². The van der Waals surface area contributed by atoms with E-state index in [0.717, 1.165) is 0 Å². The van der Waals surface area contributed by atoms with Crippen LogP contribution in [0.3, 0.4) is 0 Å². The summed E-state index contributed by atoms with van der Waals surface area (Å²) in [6.45, 7) is 2.64. The summed E-state index contributed by atoms with van der Waals surface area (Å²) in [4.78, 5) is 0. The molecule has 2 heterocycles. The summed E-state index contributed by atoms with van der Waals surface area (Å²) >= 11 is 0. The van der Waals surface area contributed by atoms with Crippen molar-refractivity contribution in [3.05, 3.63) is 29.8 Å². The van der Waals surface area contributed by atoms with Gasteiger partial charge in [-0.3, -0.25) is 9.36 Å². The Morgan fingerprint density at radius 3 is 2.76 bits per heavy atom. The van der Waals surface area contributed by atoms with Gasteiger partial charge in [0, 0.05) is 19.8 Å². The van der Waals surface area contributed by atoms with Crippen molar-refractivity contribution in [2.75, 3.05) is 7.11 Å². The van der Waals surface area contributed by atoms with Crippen molar-refractivity contribution < 1.29 is 9.84 Å². The minimum atomic E-state index is -0.792. The summed E-state index contributed by atoms with van der Waals surface area (Å²) in [6, 6.07) is 1.77. The van der Waals surface area contributed by atoms with Crippen LogP contribution < -0.4 is 4.74 Å². The molecule has 0 saturated heterocycles. The topological polar surface area (TPSA) is 65.1 Å². The molecule has 0 saturated carbocycles. The van der Waals surface area contributed by atoms with Crippen LogP contribution in [0.2, 0.25) is 0 Å². The first-order valence-electron chi connectivity index (χ1n) is 5.44. The molecule has 0 aliphatic carbocycles. The van der Waals surface area contributed by atoms with E-state index >= 15 is 0 Å².